The summed E-state index contributed by atoms with van der Waals surface area (Å²) < 4.78 is 5.69. The molecule has 4 rings (SSSR count). The van der Waals surface area contributed by atoms with E-state index in [1.807, 2.05) is 21.0 Å². The lowest BCUT2D eigenvalue weighted by Gasteiger charge is -2.32. The van der Waals surface area contributed by atoms with Gasteiger partial charge in [0.1, 0.15) is 0 Å². The fourth-order valence-corrected chi connectivity index (χ4v) is 6.79. The Hall–Kier alpha value is -0.470. The first-order valence-corrected chi connectivity index (χ1v) is 13.5. The first kappa shape index (κ1) is 23.2. The highest BCUT2D eigenvalue weighted by atomic mass is 32.2. The molecule has 0 unspecified atom stereocenters. The predicted octanol–water partition coefficient (Wildman–Crippen LogP) is 9.51. The van der Waals surface area contributed by atoms with Crippen molar-refractivity contribution < 1.29 is 4.18 Å². The van der Waals surface area contributed by atoms with Gasteiger partial charge in [0.25, 0.3) is 0 Å². The van der Waals surface area contributed by atoms with Crippen LogP contribution in [0.15, 0.2) is 17.0 Å². The summed E-state index contributed by atoms with van der Waals surface area (Å²) in [4.78, 5) is 1.51. The van der Waals surface area contributed by atoms with Crippen LogP contribution in [-0.4, -0.2) is 7.11 Å². The normalized spacial score (nSPS) is 22.2. The molecule has 0 radical (unpaired) electrons. The molecular formula is C27H44OS. The van der Waals surface area contributed by atoms with E-state index in [0.29, 0.717) is 0 Å². The number of hydrogen-bond acceptors (Lipinski definition) is 2. The van der Waals surface area contributed by atoms with E-state index in [1.165, 1.54) is 101 Å². The molecule has 164 valence electrons. The summed E-state index contributed by atoms with van der Waals surface area (Å²) in [5.74, 6) is 2.34. The standard InChI is InChI=1S/C25H38OS.C2H6/c1-26-27-25-23(20-13-7-3-8-14-20)17-22(19-11-5-2-6-12-19)18-24(25)21-15-9-4-10-16-21;1-2/h17-21H,2-16H2,1H3;1-2H3. The van der Waals surface area contributed by atoms with Crippen LogP contribution in [0.25, 0.3) is 0 Å². The van der Waals surface area contributed by atoms with Crippen molar-refractivity contribution in [1.29, 1.82) is 0 Å². The molecule has 0 heterocycles. The molecule has 3 saturated carbocycles. The first-order valence-electron chi connectivity index (χ1n) is 12.7. The molecule has 1 nitrogen and oxygen atoms in total. The van der Waals surface area contributed by atoms with Gasteiger partial charge in [-0.1, -0.05) is 83.8 Å². The zero-order chi connectivity index (χ0) is 20.5. The van der Waals surface area contributed by atoms with Gasteiger partial charge in [-0.3, -0.25) is 0 Å². The highest BCUT2D eigenvalue weighted by molar-refractivity contribution is 7.94. The molecule has 1 aromatic carbocycles. The molecule has 3 aliphatic carbocycles. The monoisotopic (exact) mass is 416 g/mol. The van der Waals surface area contributed by atoms with Gasteiger partial charge in [-0.25, -0.2) is 0 Å². The maximum Gasteiger partial charge on any atom is 0.0508 e. The summed E-state index contributed by atoms with van der Waals surface area (Å²) in [6.45, 7) is 4.00. The van der Waals surface area contributed by atoms with Gasteiger partial charge in [-0.2, -0.15) is 0 Å². The van der Waals surface area contributed by atoms with Crippen LogP contribution in [0.2, 0.25) is 0 Å². The fourth-order valence-electron chi connectivity index (χ4n) is 5.98. The smallest absolute Gasteiger partial charge is 0.0508 e. The van der Waals surface area contributed by atoms with Crippen LogP contribution in [0.1, 0.15) is 145 Å². The Balaban J connectivity index is 0.00000117. The van der Waals surface area contributed by atoms with Crippen LogP contribution >= 0.6 is 12.0 Å². The average Bonchev–Trinajstić information content (AvgIpc) is 2.82. The van der Waals surface area contributed by atoms with Crippen molar-refractivity contribution in [3.63, 3.8) is 0 Å². The van der Waals surface area contributed by atoms with Gasteiger partial charge in [0.15, 0.2) is 0 Å². The molecule has 2 heteroatoms. The lowest BCUT2D eigenvalue weighted by molar-refractivity contribution is 0.418. The van der Waals surface area contributed by atoms with Gasteiger partial charge in [0.2, 0.25) is 0 Å². The van der Waals surface area contributed by atoms with E-state index < -0.39 is 0 Å². The van der Waals surface area contributed by atoms with Gasteiger partial charge in [0, 0.05) is 16.9 Å². The van der Waals surface area contributed by atoms with Crippen molar-refractivity contribution >= 4 is 12.0 Å². The average molecular weight is 417 g/mol. The highest BCUT2D eigenvalue weighted by Gasteiger charge is 2.28. The van der Waals surface area contributed by atoms with E-state index in [0.717, 1.165) is 17.8 Å². The van der Waals surface area contributed by atoms with Crippen molar-refractivity contribution in [3.8, 4) is 0 Å². The third kappa shape index (κ3) is 6.03. The maximum atomic E-state index is 5.69. The SMILES string of the molecule is CC.COSc1c(C2CCCCC2)cc(C2CCCCC2)cc1C1CCCCC1. The van der Waals surface area contributed by atoms with Gasteiger partial charge in [-0.05, 0) is 73.0 Å². The maximum absolute atomic E-state index is 5.69. The lowest BCUT2D eigenvalue weighted by atomic mass is 9.76. The second-order valence-electron chi connectivity index (χ2n) is 9.28. The quantitative estimate of drug-likeness (QED) is 0.442. The Morgan fingerprint density at radius 1 is 0.621 bits per heavy atom. The van der Waals surface area contributed by atoms with Crippen LogP contribution in [0.3, 0.4) is 0 Å². The zero-order valence-electron chi connectivity index (χ0n) is 19.3. The molecule has 3 aliphatic rings. The van der Waals surface area contributed by atoms with E-state index in [4.69, 9.17) is 4.18 Å². The second kappa shape index (κ2) is 12.4. The van der Waals surface area contributed by atoms with Crippen molar-refractivity contribution in [3.05, 3.63) is 28.8 Å². The Kier molecular flexibility index (Phi) is 9.92. The molecule has 3 fully saturated rings. The topological polar surface area (TPSA) is 9.23 Å². The van der Waals surface area contributed by atoms with Crippen molar-refractivity contribution in [2.75, 3.05) is 7.11 Å². The van der Waals surface area contributed by atoms with E-state index >= 15 is 0 Å². The Morgan fingerprint density at radius 2 is 1.00 bits per heavy atom. The largest absolute Gasteiger partial charge is 0.314 e. The summed E-state index contributed by atoms with van der Waals surface area (Å²) in [5, 5.41) is 0. The third-order valence-corrected chi connectivity index (χ3v) is 8.31. The van der Waals surface area contributed by atoms with Crippen LogP contribution in [0.4, 0.5) is 0 Å². The summed E-state index contributed by atoms with van der Waals surface area (Å²) in [7, 11) is 1.86. The summed E-state index contributed by atoms with van der Waals surface area (Å²) in [6.07, 6.45) is 21.2. The number of rotatable bonds is 5. The molecule has 29 heavy (non-hydrogen) atoms. The minimum atomic E-state index is 0.766. The fraction of sp³-hybridized carbons (Fsp3) is 0.778. The van der Waals surface area contributed by atoms with Crippen LogP contribution in [0.5, 0.6) is 0 Å². The van der Waals surface area contributed by atoms with Crippen molar-refractivity contribution in [2.24, 2.45) is 0 Å². The van der Waals surface area contributed by atoms with E-state index in [1.54, 1.807) is 28.7 Å². The third-order valence-electron chi connectivity index (χ3n) is 7.50. The predicted molar refractivity (Wildman–Crippen MR) is 128 cm³/mol. The van der Waals surface area contributed by atoms with E-state index in [9.17, 15) is 0 Å². The zero-order valence-corrected chi connectivity index (χ0v) is 20.1. The molecular weight excluding hydrogens is 372 g/mol. The number of hydrogen-bond donors (Lipinski definition) is 0. The van der Waals surface area contributed by atoms with Crippen molar-refractivity contribution in [2.45, 2.75) is 133 Å². The summed E-state index contributed by atoms with van der Waals surface area (Å²) >= 11 is 1.67. The molecule has 0 aromatic heterocycles. The van der Waals surface area contributed by atoms with E-state index in [2.05, 4.69) is 12.1 Å². The van der Waals surface area contributed by atoms with Crippen molar-refractivity contribution in [1.82, 2.24) is 0 Å². The highest BCUT2D eigenvalue weighted by Crippen LogP contribution is 2.47. The molecule has 0 amide bonds. The molecule has 0 bridgehead atoms. The number of benzene rings is 1. The van der Waals surface area contributed by atoms with Gasteiger partial charge in [-0.15, -0.1) is 0 Å². The van der Waals surface area contributed by atoms with Gasteiger partial charge in [0.05, 0.1) is 7.11 Å². The van der Waals surface area contributed by atoms with E-state index in [-0.39, 0.29) is 0 Å². The van der Waals surface area contributed by atoms with Gasteiger partial charge >= 0.3 is 0 Å². The Bertz CT molecular complexity index is 554. The minimum absolute atomic E-state index is 0.766. The molecule has 0 spiro atoms. The Morgan fingerprint density at radius 3 is 1.38 bits per heavy atom. The van der Waals surface area contributed by atoms with Crippen LogP contribution < -0.4 is 0 Å². The summed E-state index contributed by atoms with van der Waals surface area (Å²) in [5.41, 5.74) is 4.99. The van der Waals surface area contributed by atoms with Gasteiger partial charge < -0.3 is 4.18 Å². The molecule has 0 aliphatic heterocycles. The second-order valence-corrected chi connectivity index (χ2v) is 10.2. The summed E-state index contributed by atoms with van der Waals surface area (Å²) in [6, 6.07) is 5.28. The molecule has 0 N–H and O–H groups in total. The lowest BCUT2D eigenvalue weighted by Crippen LogP contribution is -2.14. The minimum Gasteiger partial charge on any atom is -0.314 e. The Labute approximate surface area is 185 Å². The molecule has 1 aromatic rings. The molecule has 0 saturated heterocycles. The van der Waals surface area contributed by atoms with Crippen LogP contribution in [-0.2, 0) is 4.18 Å². The molecule has 0 atom stereocenters. The first-order chi connectivity index (χ1) is 14.4. The van der Waals surface area contributed by atoms with Crippen LogP contribution in [0, 0.1) is 0 Å².